The second kappa shape index (κ2) is 3.65. The molecule has 0 amide bonds. The van der Waals surface area contributed by atoms with Crippen molar-refractivity contribution in [3.05, 3.63) is 0 Å². The summed E-state index contributed by atoms with van der Waals surface area (Å²) in [7, 11) is 2.11. The van der Waals surface area contributed by atoms with Crippen LogP contribution in [-0.2, 0) is 0 Å². The lowest BCUT2D eigenvalue weighted by molar-refractivity contribution is -0.541. The van der Waals surface area contributed by atoms with Crippen molar-refractivity contribution in [3.63, 3.8) is 0 Å². The molecule has 1 aliphatic rings. The fourth-order valence-corrected chi connectivity index (χ4v) is 1.31. The zero-order valence-corrected chi connectivity index (χ0v) is 7.80. The van der Waals surface area contributed by atoms with Crippen molar-refractivity contribution >= 4 is 12.1 Å². The molecule has 2 nitrogen and oxygen atoms in total. The Hall–Kier alpha value is -0.660. The van der Waals surface area contributed by atoms with Crippen LogP contribution in [0.15, 0.2) is 0 Å². The van der Waals surface area contributed by atoms with Gasteiger partial charge in [0, 0.05) is 6.42 Å². The first-order valence-corrected chi connectivity index (χ1v) is 4.40. The van der Waals surface area contributed by atoms with Gasteiger partial charge in [-0.25, -0.2) is 0 Å². The highest BCUT2D eigenvalue weighted by atomic mass is 15.2. The quantitative estimate of drug-likeness (QED) is 0.534. The third-order valence-corrected chi connectivity index (χ3v) is 2.33. The van der Waals surface area contributed by atoms with Crippen LogP contribution in [0.5, 0.6) is 0 Å². The van der Waals surface area contributed by atoms with E-state index in [0.717, 1.165) is 6.54 Å². The van der Waals surface area contributed by atoms with Gasteiger partial charge in [-0.05, 0) is 0 Å². The highest BCUT2D eigenvalue weighted by Crippen LogP contribution is 1.93. The second-order valence-electron chi connectivity index (χ2n) is 3.14. The first-order valence-electron chi connectivity index (χ1n) is 4.40. The Balaban J connectivity index is 2.49. The van der Waals surface area contributed by atoms with Crippen LogP contribution in [0.3, 0.4) is 0 Å². The average molecular weight is 154 g/mol. The first kappa shape index (κ1) is 8.44. The molecule has 0 saturated heterocycles. The number of unbranched alkanes of at least 4 members (excludes halogenated alkanes) is 1. The monoisotopic (exact) mass is 154 g/mol. The molecule has 0 aromatic heterocycles. The summed E-state index contributed by atoms with van der Waals surface area (Å²) in [5, 5.41) is 0. The van der Waals surface area contributed by atoms with Gasteiger partial charge in [-0.3, -0.25) is 0 Å². The average Bonchev–Trinajstić information content (AvgIpc) is 2.31. The van der Waals surface area contributed by atoms with Crippen molar-refractivity contribution < 1.29 is 9.15 Å². The van der Waals surface area contributed by atoms with Crippen molar-refractivity contribution in [3.8, 4) is 0 Å². The van der Waals surface area contributed by atoms with Gasteiger partial charge < -0.3 is 0 Å². The Morgan fingerprint density at radius 2 is 2.27 bits per heavy atom. The Morgan fingerprint density at radius 3 is 2.73 bits per heavy atom. The van der Waals surface area contributed by atoms with Crippen molar-refractivity contribution in [2.24, 2.45) is 0 Å². The summed E-state index contributed by atoms with van der Waals surface area (Å²) in [4.78, 5) is 0. The maximum absolute atomic E-state index is 2.42. The molecule has 62 valence electrons. The minimum Gasteiger partial charge on any atom is -0.169 e. The summed E-state index contributed by atoms with van der Waals surface area (Å²) in [6.45, 7) is 6.73. The summed E-state index contributed by atoms with van der Waals surface area (Å²) in [5.74, 6) is 1.39. The summed E-state index contributed by atoms with van der Waals surface area (Å²) < 4.78 is 4.62. The Labute approximate surface area is 68.9 Å². The van der Waals surface area contributed by atoms with Crippen molar-refractivity contribution in [2.45, 2.75) is 26.7 Å². The van der Waals surface area contributed by atoms with Crippen LogP contribution >= 0.6 is 0 Å². The molecular formula is C9H18N2+2. The molecule has 0 bridgehead atoms. The molecule has 0 spiro atoms. The van der Waals surface area contributed by atoms with Crippen LogP contribution in [0.25, 0.3) is 0 Å². The predicted molar refractivity (Wildman–Crippen MR) is 47.8 cm³/mol. The Morgan fingerprint density at radius 1 is 1.55 bits per heavy atom. The lowest BCUT2D eigenvalue weighted by atomic mass is 10.3. The zero-order chi connectivity index (χ0) is 8.27. The second-order valence-corrected chi connectivity index (χ2v) is 3.14. The largest absolute Gasteiger partial charge is 0.409 e. The smallest absolute Gasteiger partial charge is 0.169 e. The van der Waals surface area contributed by atoms with Crippen LogP contribution in [0.4, 0.5) is 0 Å². The fourth-order valence-electron chi connectivity index (χ4n) is 1.31. The van der Waals surface area contributed by atoms with Crippen molar-refractivity contribution in [1.82, 2.24) is 0 Å². The van der Waals surface area contributed by atoms with Crippen molar-refractivity contribution in [2.75, 3.05) is 20.1 Å². The van der Waals surface area contributed by atoms with Gasteiger partial charge in [0.15, 0.2) is 0 Å². The topological polar surface area (TPSA) is 6.02 Å². The molecule has 1 rings (SSSR count). The predicted octanol–water partition coefficient (Wildman–Crippen LogP) is 0.944. The van der Waals surface area contributed by atoms with E-state index in [1.165, 1.54) is 25.2 Å². The minimum atomic E-state index is 1.10. The fraction of sp³-hybridized carbons (Fsp3) is 0.778. The van der Waals surface area contributed by atoms with E-state index in [9.17, 15) is 0 Å². The van der Waals surface area contributed by atoms with Gasteiger partial charge in [0.25, 0.3) is 0 Å². The lowest BCUT2D eigenvalue weighted by Gasteiger charge is -1.92. The summed E-state index contributed by atoms with van der Waals surface area (Å²) in [5.41, 5.74) is 0. The molecule has 0 aromatic carbocycles. The highest BCUT2D eigenvalue weighted by molar-refractivity contribution is 5.74. The molecule has 0 aromatic rings. The summed E-state index contributed by atoms with van der Waals surface area (Å²) in [6, 6.07) is 0. The molecule has 0 radical (unpaired) electrons. The van der Waals surface area contributed by atoms with Gasteiger partial charge >= 0.3 is 5.84 Å². The molecule has 2 heteroatoms. The Bertz CT molecular complexity index is 202. The lowest BCUT2D eigenvalue weighted by Crippen LogP contribution is -2.20. The number of hydrogen-bond donors (Lipinski definition) is 0. The van der Waals surface area contributed by atoms with Crippen molar-refractivity contribution in [1.29, 1.82) is 0 Å². The molecule has 0 aliphatic carbocycles. The van der Waals surface area contributed by atoms with Gasteiger partial charge in [-0.2, -0.15) is 4.58 Å². The molecule has 0 fully saturated rings. The molecule has 1 heterocycles. The molecule has 0 saturated carbocycles. The zero-order valence-electron chi connectivity index (χ0n) is 7.80. The maximum atomic E-state index is 2.42. The van der Waals surface area contributed by atoms with E-state index in [0.29, 0.717) is 0 Å². The van der Waals surface area contributed by atoms with E-state index in [1.54, 1.807) is 0 Å². The van der Waals surface area contributed by atoms with Gasteiger partial charge in [0.1, 0.15) is 13.6 Å². The molecule has 0 atom stereocenters. The minimum absolute atomic E-state index is 1.10. The molecule has 0 N–H and O–H groups in total. The normalized spacial score (nSPS) is 17.5. The Kier molecular flexibility index (Phi) is 2.80. The molecule has 0 unspecified atom stereocenters. The standard InChI is InChI=1S/C9H18N2/c1-4-5-6-11-8-7-10(3)9(11)2/h7H,4-6,8H2,1-3H3/q+2. The van der Waals surface area contributed by atoms with E-state index < -0.39 is 0 Å². The third-order valence-electron chi connectivity index (χ3n) is 2.33. The third kappa shape index (κ3) is 1.88. The van der Waals surface area contributed by atoms with E-state index in [1.807, 2.05) is 0 Å². The number of hydrogen-bond acceptors (Lipinski definition) is 0. The van der Waals surface area contributed by atoms with Crippen LogP contribution in [0.1, 0.15) is 26.7 Å². The van der Waals surface area contributed by atoms with Crippen LogP contribution in [0.2, 0.25) is 0 Å². The first-order chi connectivity index (χ1) is 5.25. The van der Waals surface area contributed by atoms with E-state index in [4.69, 9.17) is 0 Å². The van der Waals surface area contributed by atoms with Gasteiger partial charge in [-0.15, -0.1) is 4.58 Å². The van der Waals surface area contributed by atoms with Crippen LogP contribution in [0, 0.1) is 0 Å². The van der Waals surface area contributed by atoms with Crippen LogP contribution in [-0.4, -0.2) is 41.3 Å². The molecular weight excluding hydrogens is 136 g/mol. The summed E-state index contributed by atoms with van der Waals surface area (Å²) in [6.07, 6.45) is 4.82. The highest BCUT2D eigenvalue weighted by Gasteiger charge is 2.23. The van der Waals surface area contributed by atoms with Gasteiger partial charge in [0.05, 0.1) is 6.92 Å². The van der Waals surface area contributed by atoms with E-state index >= 15 is 0 Å². The number of amidine groups is 1. The van der Waals surface area contributed by atoms with Gasteiger partial charge in [0.2, 0.25) is 12.8 Å². The number of rotatable bonds is 3. The maximum Gasteiger partial charge on any atom is 0.409 e. The summed E-state index contributed by atoms with van der Waals surface area (Å²) >= 11 is 0. The number of nitrogens with zero attached hydrogens (tertiary/aromatic N) is 2. The van der Waals surface area contributed by atoms with E-state index in [2.05, 4.69) is 36.3 Å². The SMILES string of the molecule is CCCC[N+]1=C(C)[N+](C)=CC1. The van der Waals surface area contributed by atoms with Crippen LogP contribution < -0.4 is 0 Å². The van der Waals surface area contributed by atoms with E-state index in [-0.39, 0.29) is 0 Å². The molecule has 11 heavy (non-hydrogen) atoms. The molecule has 1 aliphatic heterocycles. The van der Waals surface area contributed by atoms with Gasteiger partial charge in [-0.1, -0.05) is 13.3 Å².